The van der Waals surface area contributed by atoms with Gasteiger partial charge in [-0.25, -0.2) is 4.79 Å². The van der Waals surface area contributed by atoms with Crippen LogP contribution < -0.4 is 0 Å². The molecule has 0 aliphatic rings. The highest BCUT2D eigenvalue weighted by atomic mass is 79.9. The molecule has 1 aromatic heterocycles. The molecule has 0 atom stereocenters. The monoisotopic (exact) mass is 310 g/mol. The smallest absolute Gasteiger partial charge is 0.338 e. The first-order valence-electron chi connectivity index (χ1n) is 4.66. The second-order valence-corrected chi connectivity index (χ2v) is 4.97. The Bertz CT molecular complexity index is 563. The van der Waals surface area contributed by atoms with Crippen LogP contribution in [0.2, 0.25) is 0 Å². The predicted molar refractivity (Wildman–Crippen MR) is 67.3 cm³/mol. The number of benzene rings is 1. The quantitative estimate of drug-likeness (QED) is 0.944. The third-order valence-electron chi connectivity index (χ3n) is 1.96. The number of hydrogen-bond donors (Lipinski definition) is 1. The molecule has 1 heterocycles. The van der Waals surface area contributed by atoms with Crippen molar-refractivity contribution in [3.05, 3.63) is 46.6 Å². The van der Waals surface area contributed by atoms with Gasteiger partial charge in [-0.3, -0.25) is 0 Å². The number of carboxylic acid groups (broad SMARTS) is 1. The van der Waals surface area contributed by atoms with Crippen LogP contribution in [0, 0.1) is 0 Å². The molecule has 1 N–H and O–H groups in total. The van der Waals surface area contributed by atoms with E-state index in [1.165, 1.54) is 24.0 Å². The Morgan fingerprint density at radius 1 is 1.29 bits per heavy atom. The fraction of sp³-hybridized carbons (Fsp3) is 0. The van der Waals surface area contributed by atoms with E-state index in [1.54, 1.807) is 0 Å². The summed E-state index contributed by atoms with van der Waals surface area (Å²) in [5.74, 6) is -1.01. The van der Waals surface area contributed by atoms with E-state index < -0.39 is 5.97 Å². The summed E-state index contributed by atoms with van der Waals surface area (Å²) in [6.45, 7) is 0. The van der Waals surface area contributed by atoms with Crippen LogP contribution >= 0.6 is 27.7 Å². The average Bonchev–Trinajstić information content (AvgIpc) is 2.32. The first kappa shape index (κ1) is 12.1. The predicted octanol–water partition coefficient (Wildman–Crippen LogP) is 3.09. The third kappa shape index (κ3) is 2.83. The van der Waals surface area contributed by atoms with E-state index in [-0.39, 0.29) is 5.56 Å². The van der Waals surface area contributed by atoms with E-state index in [1.807, 2.05) is 24.3 Å². The van der Waals surface area contributed by atoms with Gasteiger partial charge in [-0.05, 0) is 34.1 Å². The summed E-state index contributed by atoms with van der Waals surface area (Å²) >= 11 is 4.67. The van der Waals surface area contributed by atoms with Crippen molar-refractivity contribution in [2.75, 3.05) is 0 Å². The summed E-state index contributed by atoms with van der Waals surface area (Å²) < 4.78 is 0.895. The lowest BCUT2D eigenvalue weighted by Crippen LogP contribution is -2.01. The number of carbonyl (C=O) groups is 1. The number of aromatic nitrogens is 2. The number of nitrogens with zero attached hydrogens (tertiary/aromatic N) is 2. The lowest BCUT2D eigenvalue weighted by Gasteiger charge is -2.04. The summed E-state index contributed by atoms with van der Waals surface area (Å²) in [6.07, 6.45) is 1.37. The van der Waals surface area contributed by atoms with Crippen LogP contribution in [0.5, 0.6) is 0 Å². The maximum Gasteiger partial charge on any atom is 0.338 e. The van der Waals surface area contributed by atoms with Gasteiger partial charge in [-0.1, -0.05) is 23.9 Å². The van der Waals surface area contributed by atoms with E-state index >= 15 is 0 Å². The van der Waals surface area contributed by atoms with E-state index in [9.17, 15) is 4.79 Å². The zero-order chi connectivity index (χ0) is 12.3. The summed E-state index contributed by atoms with van der Waals surface area (Å²) in [5.41, 5.74) is 0.153. The van der Waals surface area contributed by atoms with Gasteiger partial charge in [0.1, 0.15) is 5.03 Å². The van der Waals surface area contributed by atoms with Crippen LogP contribution in [-0.4, -0.2) is 21.3 Å². The van der Waals surface area contributed by atoms with Gasteiger partial charge in [0, 0.05) is 9.37 Å². The Hall–Kier alpha value is -1.40. The molecule has 6 heteroatoms. The fourth-order valence-electron chi connectivity index (χ4n) is 1.19. The normalized spacial score (nSPS) is 10.2. The van der Waals surface area contributed by atoms with Crippen LogP contribution in [0.4, 0.5) is 0 Å². The Labute approximate surface area is 110 Å². The van der Waals surface area contributed by atoms with Crippen LogP contribution in [0.3, 0.4) is 0 Å². The molecule has 4 nitrogen and oxygen atoms in total. The van der Waals surface area contributed by atoms with Gasteiger partial charge in [0.15, 0.2) is 0 Å². The first-order valence-corrected chi connectivity index (χ1v) is 6.27. The number of rotatable bonds is 3. The highest BCUT2D eigenvalue weighted by Crippen LogP contribution is 2.33. The minimum absolute atomic E-state index is 0.153. The Morgan fingerprint density at radius 3 is 2.76 bits per heavy atom. The van der Waals surface area contributed by atoms with Crippen molar-refractivity contribution < 1.29 is 9.90 Å². The third-order valence-corrected chi connectivity index (χ3v) is 3.99. The second-order valence-electron chi connectivity index (χ2n) is 3.09. The number of hydrogen-bond acceptors (Lipinski definition) is 4. The summed E-state index contributed by atoms with van der Waals surface area (Å²) in [4.78, 5) is 11.9. The molecule has 0 saturated carbocycles. The van der Waals surface area contributed by atoms with Gasteiger partial charge in [0.05, 0.1) is 11.8 Å². The van der Waals surface area contributed by atoms with Gasteiger partial charge in [0.25, 0.3) is 0 Å². The van der Waals surface area contributed by atoms with E-state index in [0.29, 0.717) is 5.03 Å². The summed E-state index contributed by atoms with van der Waals surface area (Å²) in [7, 11) is 0. The molecule has 0 amide bonds. The Balaban J connectivity index is 2.37. The molecule has 0 unspecified atom stereocenters. The molecule has 1 aromatic carbocycles. The molecule has 0 aliphatic carbocycles. The number of carboxylic acids is 1. The van der Waals surface area contributed by atoms with Crippen LogP contribution in [-0.2, 0) is 0 Å². The molecule has 0 aliphatic heterocycles. The highest BCUT2D eigenvalue weighted by Gasteiger charge is 2.13. The average molecular weight is 311 g/mol. The lowest BCUT2D eigenvalue weighted by molar-refractivity contribution is 0.0692. The van der Waals surface area contributed by atoms with E-state index in [0.717, 1.165) is 9.37 Å². The van der Waals surface area contributed by atoms with E-state index in [2.05, 4.69) is 26.1 Å². The SMILES string of the molecule is O=C(O)c1ccnnc1Sc1ccccc1Br. The number of aromatic carboxylic acids is 1. The van der Waals surface area contributed by atoms with Crippen molar-refractivity contribution in [2.24, 2.45) is 0 Å². The lowest BCUT2D eigenvalue weighted by atomic mass is 10.3. The van der Waals surface area contributed by atoms with Crippen molar-refractivity contribution in [1.82, 2.24) is 10.2 Å². The molecule has 17 heavy (non-hydrogen) atoms. The zero-order valence-electron chi connectivity index (χ0n) is 8.50. The van der Waals surface area contributed by atoms with Gasteiger partial charge >= 0.3 is 5.97 Å². The molecular formula is C11H7BrN2O2S. The fourth-order valence-corrected chi connectivity index (χ4v) is 2.59. The van der Waals surface area contributed by atoms with Crippen LogP contribution in [0.25, 0.3) is 0 Å². The first-order chi connectivity index (χ1) is 8.18. The maximum absolute atomic E-state index is 11.0. The zero-order valence-corrected chi connectivity index (χ0v) is 10.9. The largest absolute Gasteiger partial charge is 0.478 e. The molecular weight excluding hydrogens is 304 g/mol. The molecule has 0 radical (unpaired) electrons. The molecule has 86 valence electrons. The topological polar surface area (TPSA) is 63.1 Å². The van der Waals surface area contributed by atoms with Gasteiger partial charge in [0.2, 0.25) is 0 Å². The minimum atomic E-state index is -1.01. The van der Waals surface area contributed by atoms with Gasteiger partial charge in [-0.2, -0.15) is 5.10 Å². The Kier molecular flexibility index (Phi) is 3.75. The van der Waals surface area contributed by atoms with Crippen molar-refractivity contribution in [3.63, 3.8) is 0 Å². The van der Waals surface area contributed by atoms with Crippen molar-refractivity contribution in [2.45, 2.75) is 9.92 Å². The number of halogens is 1. The summed E-state index contributed by atoms with van der Waals surface area (Å²) in [5, 5.41) is 17.0. The summed E-state index contributed by atoms with van der Waals surface area (Å²) in [6, 6.07) is 8.98. The van der Waals surface area contributed by atoms with Crippen molar-refractivity contribution in [1.29, 1.82) is 0 Å². The molecule has 2 aromatic rings. The molecule has 0 saturated heterocycles. The molecule has 0 fully saturated rings. The second kappa shape index (κ2) is 5.29. The standard InChI is InChI=1S/C11H7BrN2O2S/c12-8-3-1-2-4-9(8)17-10-7(11(15)16)5-6-13-14-10/h1-6H,(H,15,16). The highest BCUT2D eigenvalue weighted by molar-refractivity contribution is 9.10. The van der Waals surface area contributed by atoms with E-state index in [4.69, 9.17) is 5.11 Å². The van der Waals surface area contributed by atoms with Crippen LogP contribution in [0.1, 0.15) is 10.4 Å². The molecule has 0 bridgehead atoms. The maximum atomic E-state index is 11.0. The molecule has 0 spiro atoms. The van der Waals surface area contributed by atoms with Gasteiger partial charge < -0.3 is 5.11 Å². The van der Waals surface area contributed by atoms with Crippen LogP contribution in [0.15, 0.2) is 50.9 Å². The van der Waals surface area contributed by atoms with Crippen molar-refractivity contribution >= 4 is 33.7 Å². The van der Waals surface area contributed by atoms with Crippen molar-refractivity contribution in [3.8, 4) is 0 Å². The minimum Gasteiger partial charge on any atom is -0.478 e. The van der Waals surface area contributed by atoms with Gasteiger partial charge in [-0.15, -0.1) is 5.10 Å². The molecule has 2 rings (SSSR count). The Morgan fingerprint density at radius 2 is 2.06 bits per heavy atom.